The molecule has 2 heterocycles. The van der Waals surface area contributed by atoms with E-state index in [1.165, 1.54) is 36.3 Å². The van der Waals surface area contributed by atoms with E-state index in [2.05, 4.69) is 9.72 Å². The molecule has 0 spiro atoms. The summed E-state index contributed by atoms with van der Waals surface area (Å²) in [6.45, 7) is 3.56. The van der Waals surface area contributed by atoms with Crippen LogP contribution >= 0.6 is 0 Å². The van der Waals surface area contributed by atoms with Crippen molar-refractivity contribution < 1.29 is 27.5 Å². The summed E-state index contributed by atoms with van der Waals surface area (Å²) in [5, 5.41) is 0. The summed E-state index contributed by atoms with van der Waals surface area (Å²) in [6, 6.07) is 8.03. The van der Waals surface area contributed by atoms with Gasteiger partial charge in [0.1, 0.15) is 11.3 Å². The van der Waals surface area contributed by atoms with Crippen molar-refractivity contribution in [3.63, 3.8) is 0 Å². The third kappa shape index (κ3) is 4.82. The monoisotopic (exact) mass is 461 g/mol. The Morgan fingerprint density at radius 2 is 1.73 bits per heavy atom. The van der Waals surface area contributed by atoms with E-state index < -0.39 is 29.6 Å². The summed E-state index contributed by atoms with van der Waals surface area (Å²) in [5.74, 6) is -0.455. The second kappa shape index (κ2) is 8.68. The summed E-state index contributed by atoms with van der Waals surface area (Å²) in [6.07, 6.45) is 2.74. The lowest BCUT2D eigenvalue weighted by atomic mass is 9.86. The van der Waals surface area contributed by atoms with Gasteiger partial charge in [-0.25, -0.2) is 9.69 Å². The van der Waals surface area contributed by atoms with E-state index in [9.17, 15) is 22.8 Å². The van der Waals surface area contributed by atoms with Gasteiger partial charge in [-0.05, 0) is 68.7 Å². The van der Waals surface area contributed by atoms with E-state index in [-0.39, 0.29) is 12.2 Å². The van der Waals surface area contributed by atoms with Crippen LogP contribution in [0.1, 0.15) is 63.1 Å². The van der Waals surface area contributed by atoms with Gasteiger partial charge < -0.3 is 9.64 Å². The number of ether oxygens (including phenoxy) is 1. The molecule has 0 radical (unpaired) electrons. The lowest BCUT2D eigenvalue weighted by molar-refractivity contribution is -0.274. The molecule has 33 heavy (non-hydrogen) atoms. The number of hydrogen-bond acceptors (Lipinski definition) is 4. The molecular weight excluding hydrogens is 435 g/mol. The fraction of sp³-hybridized carbons (Fsp3) is 0.458. The van der Waals surface area contributed by atoms with Gasteiger partial charge in [0.2, 0.25) is 0 Å². The summed E-state index contributed by atoms with van der Waals surface area (Å²) in [5.41, 5.74) is 0.968. The van der Waals surface area contributed by atoms with Crippen LogP contribution in [-0.4, -0.2) is 33.7 Å². The average Bonchev–Trinajstić information content (AvgIpc) is 2.94. The third-order valence-electron chi connectivity index (χ3n) is 6.36. The number of pyridine rings is 1. The van der Waals surface area contributed by atoms with Crippen LogP contribution in [0.3, 0.4) is 0 Å². The number of anilines is 1. The van der Waals surface area contributed by atoms with Crippen LogP contribution in [-0.2, 0) is 11.3 Å². The molecule has 0 atom stereocenters. The minimum absolute atomic E-state index is 0.188. The van der Waals surface area contributed by atoms with Gasteiger partial charge in [0.25, 0.3) is 5.91 Å². The van der Waals surface area contributed by atoms with Gasteiger partial charge in [-0.3, -0.25) is 9.78 Å². The van der Waals surface area contributed by atoms with Crippen LogP contribution in [0, 0.1) is 0 Å². The maximum atomic E-state index is 13.2. The Kier molecular flexibility index (Phi) is 6.07. The van der Waals surface area contributed by atoms with E-state index in [0.717, 1.165) is 41.1 Å². The number of imide groups is 1. The van der Waals surface area contributed by atoms with Crippen molar-refractivity contribution in [2.24, 2.45) is 0 Å². The maximum absolute atomic E-state index is 13.2. The van der Waals surface area contributed by atoms with Gasteiger partial charge in [0.05, 0.1) is 5.69 Å². The fourth-order valence-corrected chi connectivity index (χ4v) is 4.52. The van der Waals surface area contributed by atoms with Crippen molar-refractivity contribution in [3.8, 4) is 5.75 Å². The predicted octanol–water partition coefficient (Wildman–Crippen LogP) is 5.78. The second-order valence-electron chi connectivity index (χ2n) is 9.03. The molecule has 2 fully saturated rings. The Morgan fingerprint density at radius 3 is 2.36 bits per heavy atom. The van der Waals surface area contributed by atoms with Crippen LogP contribution in [0.15, 0.2) is 42.6 Å². The number of carbonyl (C=O) groups excluding carboxylic acids is 2. The lowest BCUT2D eigenvalue weighted by Gasteiger charge is -2.28. The molecular formula is C24H26F3N3O3. The average molecular weight is 461 g/mol. The smallest absolute Gasteiger partial charge is 0.406 e. The molecule has 2 aromatic rings. The highest BCUT2D eigenvalue weighted by Crippen LogP contribution is 2.36. The van der Waals surface area contributed by atoms with E-state index >= 15 is 0 Å². The van der Waals surface area contributed by atoms with Crippen molar-refractivity contribution in [3.05, 3.63) is 53.9 Å². The molecule has 1 aromatic heterocycles. The summed E-state index contributed by atoms with van der Waals surface area (Å²) < 4.78 is 41.1. The largest absolute Gasteiger partial charge is 0.573 e. The van der Waals surface area contributed by atoms with Crippen molar-refractivity contribution in [2.75, 3.05) is 4.90 Å². The molecule has 0 unspecified atom stereocenters. The van der Waals surface area contributed by atoms with E-state index in [1.54, 1.807) is 20.0 Å². The van der Waals surface area contributed by atoms with Crippen LogP contribution in [0.2, 0.25) is 0 Å². The maximum Gasteiger partial charge on any atom is 0.573 e. The number of halogens is 3. The highest BCUT2D eigenvalue weighted by Gasteiger charge is 2.51. The summed E-state index contributed by atoms with van der Waals surface area (Å²) in [4.78, 5) is 33.4. The first-order valence-electron chi connectivity index (χ1n) is 11.0. The molecule has 0 N–H and O–H groups in total. The number of carbonyl (C=O) groups is 2. The van der Waals surface area contributed by atoms with E-state index in [4.69, 9.17) is 0 Å². The predicted molar refractivity (Wildman–Crippen MR) is 116 cm³/mol. The number of amides is 3. The highest BCUT2D eigenvalue weighted by atomic mass is 19.4. The zero-order valence-electron chi connectivity index (χ0n) is 18.6. The van der Waals surface area contributed by atoms with Gasteiger partial charge >= 0.3 is 12.4 Å². The van der Waals surface area contributed by atoms with Crippen molar-refractivity contribution in [2.45, 2.75) is 70.3 Å². The van der Waals surface area contributed by atoms with Gasteiger partial charge in [-0.2, -0.15) is 0 Å². The number of urea groups is 1. The number of hydrogen-bond donors (Lipinski definition) is 0. The van der Waals surface area contributed by atoms with Gasteiger partial charge in [-0.15, -0.1) is 13.2 Å². The van der Waals surface area contributed by atoms with Crippen LogP contribution in [0.25, 0.3) is 0 Å². The molecule has 0 bridgehead atoms. The Balaban J connectivity index is 1.54. The first-order valence-corrected chi connectivity index (χ1v) is 11.0. The van der Waals surface area contributed by atoms with E-state index in [0.29, 0.717) is 5.92 Å². The summed E-state index contributed by atoms with van der Waals surface area (Å²) in [7, 11) is 0. The highest BCUT2D eigenvalue weighted by molar-refractivity contribution is 6.22. The summed E-state index contributed by atoms with van der Waals surface area (Å²) >= 11 is 0. The molecule has 176 valence electrons. The number of benzene rings is 1. The zero-order valence-corrected chi connectivity index (χ0v) is 18.6. The van der Waals surface area contributed by atoms with E-state index in [1.807, 2.05) is 12.1 Å². The Morgan fingerprint density at radius 1 is 1.06 bits per heavy atom. The third-order valence-corrected chi connectivity index (χ3v) is 6.36. The molecule has 1 saturated carbocycles. The molecule has 9 heteroatoms. The Hall–Kier alpha value is -3.10. The second-order valence-corrected chi connectivity index (χ2v) is 9.03. The minimum Gasteiger partial charge on any atom is -0.406 e. The minimum atomic E-state index is -4.82. The SMILES string of the molecule is CC1(C)C(=O)N(c2ccc(OC(F)(F)F)cc2)C(=O)N1Cc1ccnc(C2CCCCC2)c1. The molecule has 4 rings (SSSR count). The molecule has 1 aliphatic heterocycles. The number of alkyl halides is 3. The molecule has 1 aromatic carbocycles. The molecule has 2 aliphatic rings. The normalized spacial score (nSPS) is 19.3. The van der Waals surface area contributed by atoms with Gasteiger partial charge in [0.15, 0.2) is 0 Å². The first-order chi connectivity index (χ1) is 15.6. The van der Waals surface area contributed by atoms with Crippen LogP contribution < -0.4 is 9.64 Å². The van der Waals surface area contributed by atoms with Crippen molar-refractivity contribution >= 4 is 17.6 Å². The molecule has 1 saturated heterocycles. The zero-order chi connectivity index (χ0) is 23.8. The molecule has 6 nitrogen and oxygen atoms in total. The number of nitrogens with zero attached hydrogens (tertiary/aromatic N) is 3. The number of rotatable bonds is 5. The molecule has 1 aliphatic carbocycles. The number of aromatic nitrogens is 1. The van der Waals surface area contributed by atoms with Crippen LogP contribution in [0.5, 0.6) is 5.75 Å². The fourth-order valence-electron chi connectivity index (χ4n) is 4.52. The van der Waals surface area contributed by atoms with Crippen molar-refractivity contribution in [1.82, 2.24) is 9.88 Å². The molecule has 3 amide bonds. The van der Waals surface area contributed by atoms with Gasteiger partial charge in [0, 0.05) is 24.4 Å². The quantitative estimate of drug-likeness (QED) is 0.530. The van der Waals surface area contributed by atoms with Gasteiger partial charge in [-0.1, -0.05) is 19.3 Å². The lowest BCUT2D eigenvalue weighted by Crippen LogP contribution is -2.43. The first kappa shape index (κ1) is 23.1. The van der Waals surface area contributed by atoms with Crippen LogP contribution in [0.4, 0.5) is 23.7 Å². The standard InChI is InChI=1S/C24H26F3N3O3/c1-23(2)21(31)30(18-8-10-19(11-9-18)33-24(25,26)27)22(32)29(23)15-16-12-13-28-20(14-16)17-6-4-3-5-7-17/h8-14,17H,3-7,15H2,1-2H3. The Bertz CT molecular complexity index is 1030. The Labute approximate surface area is 190 Å². The van der Waals surface area contributed by atoms with Crippen molar-refractivity contribution in [1.29, 1.82) is 0 Å². The topological polar surface area (TPSA) is 62.7 Å².